The van der Waals surface area contributed by atoms with Crippen molar-refractivity contribution in [1.29, 1.82) is 0 Å². The van der Waals surface area contributed by atoms with E-state index in [0.29, 0.717) is 0 Å². The zero-order chi connectivity index (χ0) is 12.1. The lowest BCUT2D eigenvalue weighted by Gasteiger charge is -2.21. The number of hydrogen-bond donors (Lipinski definition) is 0. The van der Waals surface area contributed by atoms with Gasteiger partial charge in [-0.05, 0) is 43.7 Å². The second-order valence-electron chi connectivity index (χ2n) is 4.03. The molecule has 1 nitrogen and oxygen atoms in total. The molecule has 0 amide bonds. The molecular formula is C16H17N. The van der Waals surface area contributed by atoms with Gasteiger partial charge in [0.15, 0.2) is 0 Å². The zero-order valence-corrected chi connectivity index (χ0v) is 10.3. The molecule has 0 aliphatic rings. The van der Waals surface area contributed by atoms with Crippen LogP contribution in [0.1, 0.15) is 12.5 Å². The van der Waals surface area contributed by atoms with Crippen molar-refractivity contribution in [3.63, 3.8) is 0 Å². The quantitative estimate of drug-likeness (QED) is 0.731. The molecule has 2 aromatic carbocycles. The predicted molar refractivity (Wildman–Crippen MR) is 74.6 cm³/mol. The molecule has 0 saturated carbocycles. The van der Waals surface area contributed by atoms with Gasteiger partial charge in [0.1, 0.15) is 0 Å². The summed E-state index contributed by atoms with van der Waals surface area (Å²) in [5.74, 6) is 0. The summed E-state index contributed by atoms with van der Waals surface area (Å²) in [7, 11) is 0. The molecule has 0 aromatic heterocycles. The number of aryl methyl sites for hydroxylation is 1. The van der Waals surface area contributed by atoms with E-state index in [1.165, 1.54) is 16.9 Å². The summed E-state index contributed by atoms with van der Waals surface area (Å²) < 4.78 is 0. The van der Waals surface area contributed by atoms with Gasteiger partial charge in [-0.3, -0.25) is 0 Å². The van der Waals surface area contributed by atoms with Gasteiger partial charge < -0.3 is 4.90 Å². The molecule has 0 heterocycles. The Morgan fingerprint density at radius 2 is 1.59 bits per heavy atom. The molecule has 0 aliphatic heterocycles. The van der Waals surface area contributed by atoms with Gasteiger partial charge in [0.2, 0.25) is 0 Å². The number of rotatable bonds is 3. The fourth-order valence-corrected chi connectivity index (χ4v) is 1.84. The molecule has 0 bridgehead atoms. The Morgan fingerprint density at radius 1 is 0.882 bits per heavy atom. The summed E-state index contributed by atoms with van der Waals surface area (Å²) in [6.45, 7) is 4.15. The third-order valence-corrected chi connectivity index (χ3v) is 2.61. The van der Waals surface area contributed by atoms with Crippen molar-refractivity contribution in [3.8, 4) is 0 Å². The third kappa shape index (κ3) is 2.76. The Morgan fingerprint density at radius 3 is 2.24 bits per heavy atom. The first-order chi connectivity index (χ1) is 8.31. The molecule has 0 spiro atoms. The monoisotopic (exact) mass is 223 g/mol. The molecule has 0 aliphatic carbocycles. The van der Waals surface area contributed by atoms with Crippen LogP contribution in [-0.4, -0.2) is 0 Å². The summed E-state index contributed by atoms with van der Waals surface area (Å²) in [4.78, 5) is 2.19. The van der Waals surface area contributed by atoms with E-state index in [2.05, 4.69) is 72.6 Å². The van der Waals surface area contributed by atoms with Gasteiger partial charge >= 0.3 is 0 Å². The van der Waals surface area contributed by atoms with Crippen molar-refractivity contribution in [2.75, 3.05) is 4.90 Å². The minimum atomic E-state index is 1.18. The van der Waals surface area contributed by atoms with E-state index in [1.807, 2.05) is 13.0 Å². The molecule has 0 fully saturated rings. The Balaban J connectivity index is 2.43. The molecule has 0 atom stereocenters. The normalized spacial score (nSPS) is 10.7. The Labute approximate surface area is 103 Å². The van der Waals surface area contributed by atoms with E-state index in [0.717, 1.165) is 0 Å². The van der Waals surface area contributed by atoms with E-state index < -0.39 is 0 Å². The lowest BCUT2D eigenvalue weighted by atomic mass is 10.2. The van der Waals surface area contributed by atoms with Gasteiger partial charge in [0, 0.05) is 17.6 Å². The first-order valence-corrected chi connectivity index (χ1v) is 5.85. The van der Waals surface area contributed by atoms with E-state index in [4.69, 9.17) is 0 Å². The molecule has 0 saturated heterocycles. The summed E-state index contributed by atoms with van der Waals surface area (Å²) in [6.07, 6.45) is 4.14. The van der Waals surface area contributed by atoms with Gasteiger partial charge in [0.05, 0.1) is 0 Å². The van der Waals surface area contributed by atoms with Gasteiger partial charge in [0.25, 0.3) is 0 Å². The second kappa shape index (κ2) is 5.35. The highest BCUT2D eigenvalue weighted by Gasteiger charge is 2.04. The van der Waals surface area contributed by atoms with Crippen LogP contribution in [0.15, 0.2) is 66.9 Å². The SMILES string of the molecule is C/C=C/N(c1ccccc1)c1cccc(C)c1. The Bertz CT molecular complexity index is 500. The first-order valence-electron chi connectivity index (χ1n) is 5.85. The lowest BCUT2D eigenvalue weighted by Crippen LogP contribution is -2.07. The minimum Gasteiger partial charge on any atom is -0.318 e. The molecule has 0 radical (unpaired) electrons. The summed E-state index contributed by atoms with van der Waals surface area (Å²) in [5, 5.41) is 0. The van der Waals surface area contributed by atoms with E-state index in [-0.39, 0.29) is 0 Å². The van der Waals surface area contributed by atoms with Crippen LogP contribution in [-0.2, 0) is 0 Å². The molecule has 1 heteroatoms. The maximum atomic E-state index is 2.19. The summed E-state index contributed by atoms with van der Waals surface area (Å²) in [6, 6.07) is 18.9. The van der Waals surface area contributed by atoms with Gasteiger partial charge in [-0.25, -0.2) is 0 Å². The van der Waals surface area contributed by atoms with Crippen molar-refractivity contribution in [2.24, 2.45) is 0 Å². The first kappa shape index (κ1) is 11.5. The van der Waals surface area contributed by atoms with E-state index in [1.54, 1.807) is 0 Å². The number of anilines is 2. The lowest BCUT2D eigenvalue weighted by molar-refractivity contribution is 1.26. The number of hydrogen-bond acceptors (Lipinski definition) is 1. The van der Waals surface area contributed by atoms with Crippen LogP contribution < -0.4 is 4.90 Å². The predicted octanol–water partition coefficient (Wildman–Crippen LogP) is 4.67. The van der Waals surface area contributed by atoms with Crippen LogP contribution in [0.3, 0.4) is 0 Å². The average Bonchev–Trinajstić information content (AvgIpc) is 2.37. The average molecular weight is 223 g/mol. The molecule has 2 aromatic rings. The third-order valence-electron chi connectivity index (χ3n) is 2.61. The standard InChI is InChI=1S/C16H17N/c1-3-12-17(15-9-5-4-6-10-15)16-11-7-8-14(2)13-16/h3-13H,1-2H3/b12-3+. The van der Waals surface area contributed by atoms with Crippen LogP contribution in [0.4, 0.5) is 11.4 Å². The highest BCUT2D eigenvalue weighted by atomic mass is 15.1. The van der Waals surface area contributed by atoms with Gasteiger partial charge in [-0.1, -0.05) is 36.4 Å². The Hall–Kier alpha value is -2.02. The van der Waals surface area contributed by atoms with Gasteiger partial charge in [-0.2, -0.15) is 0 Å². The van der Waals surface area contributed by atoms with Crippen LogP contribution in [0.2, 0.25) is 0 Å². The molecular weight excluding hydrogens is 206 g/mol. The minimum absolute atomic E-state index is 1.18. The van der Waals surface area contributed by atoms with Crippen LogP contribution in [0.5, 0.6) is 0 Å². The second-order valence-corrected chi connectivity index (χ2v) is 4.03. The van der Waals surface area contributed by atoms with Crippen molar-refractivity contribution in [1.82, 2.24) is 0 Å². The van der Waals surface area contributed by atoms with Crippen LogP contribution >= 0.6 is 0 Å². The Kier molecular flexibility index (Phi) is 3.61. The van der Waals surface area contributed by atoms with Crippen molar-refractivity contribution in [3.05, 3.63) is 72.4 Å². The summed E-state index contributed by atoms with van der Waals surface area (Å²) >= 11 is 0. The highest BCUT2D eigenvalue weighted by Crippen LogP contribution is 2.26. The fourth-order valence-electron chi connectivity index (χ4n) is 1.84. The maximum absolute atomic E-state index is 2.19. The van der Waals surface area contributed by atoms with E-state index >= 15 is 0 Å². The molecule has 17 heavy (non-hydrogen) atoms. The van der Waals surface area contributed by atoms with Gasteiger partial charge in [-0.15, -0.1) is 0 Å². The van der Waals surface area contributed by atoms with Crippen molar-refractivity contribution in [2.45, 2.75) is 13.8 Å². The molecule has 0 unspecified atom stereocenters. The van der Waals surface area contributed by atoms with Crippen molar-refractivity contribution < 1.29 is 0 Å². The van der Waals surface area contributed by atoms with Crippen LogP contribution in [0, 0.1) is 6.92 Å². The van der Waals surface area contributed by atoms with Crippen LogP contribution in [0.25, 0.3) is 0 Å². The fraction of sp³-hybridized carbons (Fsp3) is 0.125. The molecule has 0 N–H and O–H groups in total. The number of para-hydroxylation sites is 1. The summed E-state index contributed by atoms with van der Waals surface area (Å²) in [5.41, 5.74) is 3.64. The number of nitrogens with zero attached hydrogens (tertiary/aromatic N) is 1. The molecule has 2 rings (SSSR count). The van der Waals surface area contributed by atoms with E-state index in [9.17, 15) is 0 Å². The highest BCUT2D eigenvalue weighted by molar-refractivity contribution is 5.66. The smallest absolute Gasteiger partial charge is 0.0457 e. The van der Waals surface area contributed by atoms with Crippen molar-refractivity contribution >= 4 is 11.4 Å². The largest absolute Gasteiger partial charge is 0.318 e. The maximum Gasteiger partial charge on any atom is 0.0457 e. The number of allylic oxidation sites excluding steroid dienone is 1. The number of benzene rings is 2. The topological polar surface area (TPSA) is 3.24 Å². The molecule has 86 valence electrons. The zero-order valence-electron chi connectivity index (χ0n) is 10.3.